The van der Waals surface area contributed by atoms with E-state index in [2.05, 4.69) is 28.1 Å². The summed E-state index contributed by atoms with van der Waals surface area (Å²) < 4.78 is 6.99. The molecule has 23 heavy (non-hydrogen) atoms. The molecule has 0 atom stereocenters. The van der Waals surface area contributed by atoms with E-state index in [4.69, 9.17) is 4.74 Å². The molecule has 1 fully saturated rings. The van der Waals surface area contributed by atoms with E-state index in [0.717, 1.165) is 16.7 Å². The van der Waals surface area contributed by atoms with Crippen LogP contribution in [0.25, 0.3) is 16.7 Å². The molecule has 0 radical (unpaired) electrons. The maximum atomic E-state index is 9.49. The van der Waals surface area contributed by atoms with Gasteiger partial charge >= 0.3 is 6.01 Å². The van der Waals surface area contributed by atoms with Gasteiger partial charge in [-0.25, -0.2) is 4.68 Å². The highest BCUT2D eigenvalue weighted by atomic mass is 16.5. The largest absolute Gasteiger partial charge is 0.467 e. The molecule has 2 aromatic heterocycles. The summed E-state index contributed by atoms with van der Waals surface area (Å²) in [5.41, 5.74) is 2.17. The standard InChI is InChI=1S/C16H17N5O2/c1-10-3-4-13-11(5-10)7-17-21(13)15-6-14(18-16(19-15)23-2)20-8-12(22)9-20/h3-7,12,22H,8-9H2,1-2H3. The molecule has 7 heteroatoms. The zero-order valence-corrected chi connectivity index (χ0v) is 13.0. The van der Waals surface area contributed by atoms with Gasteiger partial charge in [0.05, 0.1) is 24.9 Å². The second-order valence-electron chi connectivity index (χ2n) is 5.75. The number of ether oxygens (including phenoxy) is 1. The van der Waals surface area contributed by atoms with Crippen LogP contribution >= 0.6 is 0 Å². The normalized spacial score (nSPS) is 15.0. The van der Waals surface area contributed by atoms with Crippen molar-refractivity contribution in [3.63, 3.8) is 0 Å². The molecule has 0 unspecified atom stereocenters. The summed E-state index contributed by atoms with van der Waals surface area (Å²) in [6, 6.07) is 8.31. The maximum absolute atomic E-state index is 9.49. The molecular weight excluding hydrogens is 294 g/mol. The van der Waals surface area contributed by atoms with Crippen LogP contribution in [0.2, 0.25) is 0 Å². The molecule has 1 aliphatic rings. The van der Waals surface area contributed by atoms with Crippen molar-refractivity contribution in [3.05, 3.63) is 36.0 Å². The molecule has 118 valence electrons. The number of nitrogens with zero attached hydrogens (tertiary/aromatic N) is 5. The molecule has 4 rings (SSSR count). The Labute approximate surface area is 133 Å². The van der Waals surface area contributed by atoms with Crippen molar-refractivity contribution < 1.29 is 9.84 Å². The number of rotatable bonds is 3. The Hall–Kier alpha value is -2.67. The lowest BCUT2D eigenvalue weighted by Gasteiger charge is -2.36. The number of anilines is 1. The second kappa shape index (κ2) is 5.20. The zero-order valence-electron chi connectivity index (χ0n) is 13.0. The first-order chi connectivity index (χ1) is 11.1. The molecule has 3 heterocycles. The predicted octanol–water partition coefficient (Wildman–Crippen LogP) is 1.31. The van der Waals surface area contributed by atoms with E-state index < -0.39 is 0 Å². The number of benzene rings is 1. The second-order valence-corrected chi connectivity index (χ2v) is 5.75. The Morgan fingerprint density at radius 1 is 1.17 bits per heavy atom. The van der Waals surface area contributed by atoms with Crippen molar-refractivity contribution in [1.82, 2.24) is 19.7 Å². The predicted molar refractivity (Wildman–Crippen MR) is 86.2 cm³/mol. The molecule has 0 aliphatic carbocycles. The van der Waals surface area contributed by atoms with Crippen LogP contribution in [0.1, 0.15) is 5.56 Å². The van der Waals surface area contributed by atoms with Crippen LogP contribution in [0.3, 0.4) is 0 Å². The quantitative estimate of drug-likeness (QED) is 0.786. The molecule has 0 amide bonds. The average molecular weight is 311 g/mol. The molecule has 1 N–H and O–H groups in total. The Morgan fingerprint density at radius 3 is 2.70 bits per heavy atom. The summed E-state index contributed by atoms with van der Waals surface area (Å²) in [6.07, 6.45) is 1.53. The Bertz CT molecular complexity index is 870. The molecule has 0 bridgehead atoms. The van der Waals surface area contributed by atoms with Crippen LogP contribution in [0.15, 0.2) is 30.5 Å². The van der Waals surface area contributed by atoms with E-state index in [1.165, 1.54) is 5.56 Å². The van der Waals surface area contributed by atoms with Crippen molar-refractivity contribution >= 4 is 16.7 Å². The summed E-state index contributed by atoms with van der Waals surface area (Å²) in [6.45, 7) is 3.19. The van der Waals surface area contributed by atoms with Gasteiger partial charge in [0, 0.05) is 24.5 Å². The molecule has 7 nitrogen and oxygen atoms in total. The van der Waals surface area contributed by atoms with Gasteiger partial charge in [-0.05, 0) is 19.1 Å². The number of hydrogen-bond acceptors (Lipinski definition) is 6. The first-order valence-corrected chi connectivity index (χ1v) is 7.45. The third-order valence-electron chi connectivity index (χ3n) is 3.99. The van der Waals surface area contributed by atoms with Gasteiger partial charge < -0.3 is 14.7 Å². The van der Waals surface area contributed by atoms with Crippen LogP contribution in [0, 0.1) is 6.92 Å². The monoisotopic (exact) mass is 311 g/mol. The topological polar surface area (TPSA) is 76.3 Å². The molecular formula is C16H17N5O2. The Kier molecular flexibility index (Phi) is 3.16. The van der Waals surface area contributed by atoms with Crippen molar-refractivity contribution in [2.24, 2.45) is 0 Å². The van der Waals surface area contributed by atoms with Crippen LogP contribution in [0.5, 0.6) is 6.01 Å². The summed E-state index contributed by atoms with van der Waals surface area (Å²) in [4.78, 5) is 10.7. The van der Waals surface area contributed by atoms with Crippen molar-refractivity contribution in [2.75, 3.05) is 25.1 Å². The lowest BCUT2D eigenvalue weighted by Crippen LogP contribution is -2.51. The van der Waals surface area contributed by atoms with Crippen LogP contribution in [0.4, 0.5) is 5.82 Å². The number of hydrogen-bond donors (Lipinski definition) is 1. The highest BCUT2D eigenvalue weighted by Crippen LogP contribution is 2.25. The van der Waals surface area contributed by atoms with Gasteiger partial charge in [0.15, 0.2) is 5.82 Å². The van der Waals surface area contributed by atoms with E-state index in [1.54, 1.807) is 11.8 Å². The molecule has 1 aromatic carbocycles. The third-order valence-corrected chi connectivity index (χ3v) is 3.99. The number of aliphatic hydroxyl groups excluding tert-OH is 1. The fourth-order valence-corrected chi connectivity index (χ4v) is 2.74. The Balaban J connectivity index is 1.81. The Morgan fingerprint density at radius 2 is 1.96 bits per heavy atom. The SMILES string of the molecule is COc1nc(N2CC(O)C2)cc(-n2ncc3cc(C)ccc32)n1. The van der Waals surface area contributed by atoms with Gasteiger partial charge in [0.1, 0.15) is 5.82 Å². The van der Waals surface area contributed by atoms with Gasteiger partial charge in [-0.3, -0.25) is 0 Å². The fourth-order valence-electron chi connectivity index (χ4n) is 2.74. The number of methoxy groups -OCH3 is 1. The average Bonchev–Trinajstić information content (AvgIpc) is 2.94. The minimum atomic E-state index is -0.298. The number of β-amino-alcohol motifs (C(OH)–C–C–N with tert-alkyl or cyclic N) is 1. The number of aliphatic hydroxyl groups is 1. The van der Waals surface area contributed by atoms with E-state index in [-0.39, 0.29) is 12.1 Å². The van der Waals surface area contributed by atoms with Crippen molar-refractivity contribution in [1.29, 1.82) is 0 Å². The zero-order chi connectivity index (χ0) is 16.0. The maximum Gasteiger partial charge on any atom is 0.320 e. The van der Waals surface area contributed by atoms with E-state index >= 15 is 0 Å². The highest BCUT2D eigenvalue weighted by molar-refractivity contribution is 5.80. The van der Waals surface area contributed by atoms with Gasteiger partial charge in [-0.2, -0.15) is 15.1 Å². The van der Waals surface area contributed by atoms with Gasteiger partial charge in [-0.15, -0.1) is 0 Å². The number of aromatic nitrogens is 4. The molecule has 0 saturated carbocycles. The lowest BCUT2D eigenvalue weighted by atomic mass is 10.2. The molecule has 0 spiro atoms. The van der Waals surface area contributed by atoms with Gasteiger partial charge in [0.2, 0.25) is 0 Å². The van der Waals surface area contributed by atoms with E-state index in [0.29, 0.717) is 18.9 Å². The smallest absolute Gasteiger partial charge is 0.320 e. The summed E-state index contributed by atoms with van der Waals surface area (Å²) >= 11 is 0. The summed E-state index contributed by atoms with van der Waals surface area (Å²) in [7, 11) is 1.54. The van der Waals surface area contributed by atoms with Crippen LogP contribution in [-0.4, -0.2) is 51.2 Å². The minimum absolute atomic E-state index is 0.287. The molecule has 1 saturated heterocycles. The summed E-state index contributed by atoms with van der Waals surface area (Å²) in [5, 5.41) is 15.0. The minimum Gasteiger partial charge on any atom is -0.467 e. The first kappa shape index (κ1) is 14.0. The third kappa shape index (κ3) is 2.39. The number of aryl methyl sites for hydroxylation is 1. The molecule has 1 aliphatic heterocycles. The van der Waals surface area contributed by atoms with Gasteiger partial charge in [0.25, 0.3) is 0 Å². The number of fused-ring (bicyclic) bond motifs is 1. The lowest BCUT2D eigenvalue weighted by molar-refractivity contribution is 0.141. The van der Waals surface area contributed by atoms with Crippen molar-refractivity contribution in [2.45, 2.75) is 13.0 Å². The van der Waals surface area contributed by atoms with Crippen molar-refractivity contribution in [3.8, 4) is 11.8 Å². The van der Waals surface area contributed by atoms with Crippen LogP contribution < -0.4 is 9.64 Å². The van der Waals surface area contributed by atoms with Gasteiger partial charge in [-0.1, -0.05) is 11.6 Å². The van der Waals surface area contributed by atoms with E-state index in [9.17, 15) is 5.11 Å². The molecule has 3 aromatic rings. The van der Waals surface area contributed by atoms with E-state index in [1.807, 2.05) is 29.3 Å². The van der Waals surface area contributed by atoms with Crippen LogP contribution in [-0.2, 0) is 0 Å². The first-order valence-electron chi connectivity index (χ1n) is 7.45. The highest BCUT2D eigenvalue weighted by Gasteiger charge is 2.27. The fraction of sp³-hybridized carbons (Fsp3) is 0.312. The summed E-state index contributed by atoms with van der Waals surface area (Å²) in [5.74, 6) is 1.38.